The summed E-state index contributed by atoms with van der Waals surface area (Å²) in [5.74, 6) is 1.19. The van der Waals surface area contributed by atoms with Crippen LogP contribution in [-0.4, -0.2) is 11.2 Å². The minimum absolute atomic E-state index is 0.0929. The van der Waals surface area contributed by atoms with E-state index in [1.807, 2.05) is 0 Å². The molecular formula is C13H26O. The van der Waals surface area contributed by atoms with Gasteiger partial charge in [0, 0.05) is 0 Å². The predicted molar refractivity (Wildman–Crippen MR) is 61.1 cm³/mol. The normalized spacial score (nSPS) is 38.4. The predicted octanol–water partition coefficient (Wildman–Crippen LogP) is 3.47. The number of hydrogen-bond donors (Lipinski definition) is 1. The van der Waals surface area contributed by atoms with Crippen molar-refractivity contribution in [2.45, 2.75) is 60.5 Å². The first kappa shape index (κ1) is 12.0. The van der Waals surface area contributed by atoms with Crippen LogP contribution in [0, 0.1) is 22.7 Å². The fourth-order valence-corrected chi connectivity index (χ4v) is 2.85. The summed E-state index contributed by atoms with van der Waals surface area (Å²) in [6.07, 6.45) is 2.21. The van der Waals surface area contributed by atoms with Crippen molar-refractivity contribution in [3.05, 3.63) is 0 Å². The van der Waals surface area contributed by atoms with E-state index >= 15 is 0 Å². The molecular weight excluding hydrogens is 172 g/mol. The highest BCUT2D eigenvalue weighted by molar-refractivity contribution is 4.93. The molecule has 3 unspecified atom stereocenters. The van der Waals surface area contributed by atoms with Gasteiger partial charge >= 0.3 is 0 Å². The summed E-state index contributed by atoms with van der Waals surface area (Å²) < 4.78 is 0. The van der Waals surface area contributed by atoms with Gasteiger partial charge in [0.05, 0.1) is 6.10 Å². The highest BCUT2D eigenvalue weighted by Crippen LogP contribution is 2.48. The molecule has 0 saturated heterocycles. The van der Waals surface area contributed by atoms with Gasteiger partial charge in [-0.05, 0) is 35.5 Å². The molecule has 0 amide bonds. The molecule has 3 atom stereocenters. The smallest absolute Gasteiger partial charge is 0.0616 e. The lowest BCUT2D eigenvalue weighted by atomic mass is 9.60. The van der Waals surface area contributed by atoms with Crippen LogP contribution in [0.25, 0.3) is 0 Å². The average molecular weight is 198 g/mol. The van der Waals surface area contributed by atoms with E-state index in [0.717, 1.165) is 12.3 Å². The van der Waals surface area contributed by atoms with Gasteiger partial charge in [-0.1, -0.05) is 41.5 Å². The molecule has 84 valence electrons. The zero-order valence-corrected chi connectivity index (χ0v) is 10.6. The van der Waals surface area contributed by atoms with Gasteiger partial charge < -0.3 is 5.11 Å². The second-order valence-corrected chi connectivity index (χ2v) is 6.91. The SMILES string of the molecule is CC1CC(C(C)(C)C)CC(C)(C)C1O. The van der Waals surface area contributed by atoms with Crippen LogP contribution in [-0.2, 0) is 0 Å². The molecule has 0 aromatic rings. The van der Waals surface area contributed by atoms with Gasteiger partial charge in [-0.25, -0.2) is 0 Å². The summed E-state index contributed by atoms with van der Waals surface area (Å²) >= 11 is 0. The molecule has 0 aromatic heterocycles. The second-order valence-electron chi connectivity index (χ2n) is 6.91. The van der Waals surface area contributed by atoms with Crippen molar-refractivity contribution in [3.8, 4) is 0 Å². The van der Waals surface area contributed by atoms with Crippen LogP contribution in [0.2, 0.25) is 0 Å². The fourth-order valence-electron chi connectivity index (χ4n) is 2.85. The van der Waals surface area contributed by atoms with Crippen molar-refractivity contribution >= 4 is 0 Å². The minimum Gasteiger partial charge on any atom is -0.392 e. The van der Waals surface area contributed by atoms with Gasteiger partial charge in [0.1, 0.15) is 0 Å². The van der Waals surface area contributed by atoms with Crippen LogP contribution in [0.4, 0.5) is 0 Å². The maximum absolute atomic E-state index is 10.1. The Hall–Kier alpha value is -0.0400. The maximum Gasteiger partial charge on any atom is 0.0616 e. The van der Waals surface area contributed by atoms with E-state index in [1.165, 1.54) is 6.42 Å². The number of rotatable bonds is 0. The summed E-state index contributed by atoms with van der Waals surface area (Å²) in [6.45, 7) is 13.5. The van der Waals surface area contributed by atoms with Crippen molar-refractivity contribution < 1.29 is 5.11 Å². The Kier molecular flexibility index (Phi) is 3.02. The fraction of sp³-hybridized carbons (Fsp3) is 1.00. The second kappa shape index (κ2) is 3.52. The molecule has 0 spiro atoms. The molecule has 1 fully saturated rings. The van der Waals surface area contributed by atoms with Gasteiger partial charge in [-0.3, -0.25) is 0 Å². The first-order valence-corrected chi connectivity index (χ1v) is 5.82. The van der Waals surface area contributed by atoms with Gasteiger partial charge in [-0.15, -0.1) is 0 Å². The number of hydrogen-bond acceptors (Lipinski definition) is 1. The van der Waals surface area contributed by atoms with Crippen LogP contribution >= 0.6 is 0 Å². The molecule has 0 aromatic carbocycles. The summed E-state index contributed by atoms with van der Waals surface area (Å²) in [7, 11) is 0. The summed E-state index contributed by atoms with van der Waals surface area (Å²) in [5, 5.41) is 10.1. The Morgan fingerprint density at radius 1 is 1.21 bits per heavy atom. The lowest BCUT2D eigenvalue weighted by Gasteiger charge is -2.47. The van der Waals surface area contributed by atoms with Crippen LogP contribution in [0.1, 0.15) is 54.4 Å². The van der Waals surface area contributed by atoms with E-state index in [1.54, 1.807) is 0 Å². The van der Waals surface area contributed by atoms with Gasteiger partial charge in [0.15, 0.2) is 0 Å². The first-order valence-electron chi connectivity index (χ1n) is 5.82. The third-order valence-electron chi connectivity index (χ3n) is 3.99. The number of aliphatic hydroxyl groups is 1. The van der Waals surface area contributed by atoms with Crippen LogP contribution < -0.4 is 0 Å². The molecule has 1 heteroatoms. The Morgan fingerprint density at radius 2 is 1.71 bits per heavy atom. The van der Waals surface area contributed by atoms with E-state index in [-0.39, 0.29) is 11.5 Å². The number of aliphatic hydroxyl groups excluding tert-OH is 1. The van der Waals surface area contributed by atoms with Crippen molar-refractivity contribution in [1.82, 2.24) is 0 Å². The molecule has 1 aliphatic rings. The van der Waals surface area contributed by atoms with E-state index in [0.29, 0.717) is 11.3 Å². The highest BCUT2D eigenvalue weighted by atomic mass is 16.3. The maximum atomic E-state index is 10.1. The molecule has 0 heterocycles. The average Bonchev–Trinajstić information content (AvgIpc) is 1.97. The standard InChI is InChI=1S/C13H26O/c1-9-7-10(12(2,3)4)8-13(5,6)11(9)14/h9-11,14H,7-8H2,1-6H3. The summed E-state index contributed by atoms with van der Waals surface area (Å²) in [4.78, 5) is 0. The van der Waals surface area contributed by atoms with E-state index in [4.69, 9.17) is 0 Å². The zero-order valence-electron chi connectivity index (χ0n) is 10.6. The van der Waals surface area contributed by atoms with Crippen molar-refractivity contribution in [2.75, 3.05) is 0 Å². The molecule has 0 radical (unpaired) electrons. The van der Waals surface area contributed by atoms with Gasteiger partial charge in [0.25, 0.3) is 0 Å². The highest BCUT2D eigenvalue weighted by Gasteiger charge is 2.43. The molecule has 0 bridgehead atoms. The Morgan fingerprint density at radius 3 is 2.07 bits per heavy atom. The van der Waals surface area contributed by atoms with E-state index in [2.05, 4.69) is 41.5 Å². The van der Waals surface area contributed by atoms with E-state index in [9.17, 15) is 5.11 Å². The van der Waals surface area contributed by atoms with Crippen LogP contribution in [0.3, 0.4) is 0 Å². The minimum atomic E-state index is -0.124. The lowest BCUT2D eigenvalue weighted by molar-refractivity contribution is -0.0665. The molecule has 1 rings (SSSR count). The largest absolute Gasteiger partial charge is 0.392 e. The Bertz CT molecular complexity index is 200. The molecule has 14 heavy (non-hydrogen) atoms. The monoisotopic (exact) mass is 198 g/mol. The van der Waals surface area contributed by atoms with Crippen molar-refractivity contribution in [3.63, 3.8) is 0 Å². The summed E-state index contributed by atoms with van der Waals surface area (Å²) in [5.41, 5.74) is 0.473. The molecule has 1 aliphatic carbocycles. The van der Waals surface area contributed by atoms with Crippen molar-refractivity contribution in [2.24, 2.45) is 22.7 Å². The molecule has 1 nitrogen and oxygen atoms in total. The lowest BCUT2D eigenvalue weighted by Crippen LogP contribution is -2.45. The topological polar surface area (TPSA) is 20.2 Å². The Labute approximate surface area is 88.9 Å². The third-order valence-corrected chi connectivity index (χ3v) is 3.99. The zero-order chi connectivity index (χ0) is 11.1. The molecule has 1 N–H and O–H groups in total. The van der Waals surface area contributed by atoms with E-state index < -0.39 is 0 Å². The quantitative estimate of drug-likeness (QED) is 0.632. The Balaban J connectivity index is 2.79. The van der Waals surface area contributed by atoms with Crippen LogP contribution in [0.15, 0.2) is 0 Å². The van der Waals surface area contributed by atoms with Gasteiger partial charge in [-0.2, -0.15) is 0 Å². The van der Waals surface area contributed by atoms with Crippen LogP contribution in [0.5, 0.6) is 0 Å². The molecule has 1 saturated carbocycles. The van der Waals surface area contributed by atoms with Crippen molar-refractivity contribution in [1.29, 1.82) is 0 Å². The summed E-state index contributed by atoms with van der Waals surface area (Å²) in [6, 6.07) is 0. The third kappa shape index (κ3) is 2.31. The van der Waals surface area contributed by atoms with Gasteiger partial charge in [0.2, 0.25) is 0 Å². The molecule has 0 aliphatic heterocycles. The first-order chi connectivity index (χ1) is 6.14.